The highest BCUT2D eigenvalue weighted by atomic mass is 16.2. The average Bonchev–Trinajstić information content (AvgIpc) is 2.81. The fraction of sp³-hybridized carbons (Fsp3) is 0.304. The van der Waals surface area contributed by atoms with E-state index in [1.165, 1.54) is 9.13 Å². The number of hydrogen-bond donors (Lipinski definition) is 4. The predicted octanol–water partition coefficient (Wildman–Crippen LogP) is -0.0375. The molecule has 0 fully saturated rings. The summed E-state index contributed by atoms with van der Waals surface area (Å²) in [5, 5.41) is 7.42. The zero-order valence-corrected chi connectivity index (χ0v) is 18.1. The smallest absolute Gasteiger partial charge is 0.315 e. The Morgan fingerprint density at radius 2 is 1.03 bits per heavy atom. The van der Waals surface area contributed by atoms with E-state index in [2.05, 4.69) is 20.6 Å². The van der Waals surface area contributed by atoms with E-state index < -0.39 is 11.4 Å². The normalized spacial score (nSPS) is 11.4. The van der Waals surface area contributed by atoms with Gasteiger partial charge in [-0.25, -0.2) is 9.59 Å². The molecule has 2 heterocycles. The van der Waals surface area contributed by atoms with Gasteiger partial charge in [0.15, 0.2) is 0 Å². The molecule has 4 N–H and O–H groups in total. The summed E-state index contributed by atoms with van der Waals surface area (Å²) in [4.78, 5) is 54.7. The quantitative estimate of drug-likeness (QED) is 0.251. The number of aromatic nitrogens is 4. The predicted molar refractivity (Wildman–Crippen MR) is 128 cm³/mol. The second kappa shape index (κ2) is 10.2. The highest BCUT2D eigenvalue weighted by Gasteiger charge is 2.07. The van der Waals surface area contributed by atoms with Crippen LogP contribution in [-0.2, 0) is 13.1 Å². The zero-order valence-electron chi connectivity index (χ0n) is 18.1. The van der Waals surface area contributed by atoms with Crippen molar-refractivity contribution in [2.45, 2.75) is 19.5 Å². The van der Waals surface area contributed by atoms with E-state index in [4.69, 9.17) is 0 Å². The number of H-pyrrole nitrogens is 2. The molecule has 10 heteroatoms. The van der Waals surface area contributed by atoms with E-state index in [1.807, 2.05) is 0 Å². The molecule has 0 aliphatic heterocycles. The van der Waals surface area contributed by atoms with Crippen LogP contribution < -0.4 is 33.1 Å². The molecule has 2 aromatic heterocycles. The Balaban J connectivity index is 1.19. The molecular formula is C23H26N6O4. The van der Waals surface area contributed by atoms with Crippen LogP contribution in [0.2, 0.25) is 0 Å². The van der Waals surface area contributed by atoms with Crippen LogP contribution in [-0.4, -0.2) is 45.3 Å². The van der Waals surface area contributed by atoms with Gasteiger partial charge < -0.3 is 20.6 Å². The third-order valence-electron chi connectivity index (χ3n) is 5.51. The second-order valence-electron chi connectivity index (χ2n) is 7.72. The van der Waals surface area contributed by atoms with Gasteiger partial charge in [0.05, 0.1) is 21.8 Å². The number of nitrogens with one attached hydrogen (secondary N) is 4. The topological polar surface area (TPSA) is 134 Å². The second-order valence-corrected chi connectivity index (χ2v) is 7.72. The van der Waals surface area contributed by atoms with Crippen molar-refractivity contribution < 1.29 is 0 Å². The number of hydrogen-bond acceptors (Lipinski definition) is 6. The van der Waals surface area contributed by atoms with Crippen LogP contribution in [0.1, 0.15) is 6.42 Å². The van der Waals surface area contributed by atoms with Gasteiger partial charge in [0.1, 0.15) is 0 Å². The van der Waals surface area contributed by atoms with Crippen LogP contribution in [0.5, 0.6) is 0 Å². The molecule has 10 nitrogen and oxygen atoms in total. The molecule has 0 bridgehead atoms. The highest BCUT2D eigenvalue weighted by molar-refractivity contribution is 5.77. The minimum atomic E-state index is -0.416. The molecule has 0 radical (unpaired) electrons. The van der Waals surface area contributed by atoms with Gasteiger partial charge in [-0.05, 0) is 43.8 Å². The van der Waals surface area contributed by atoms with Gasteiger partial charge in [0, 0.05) is 26.2 Å². The Morgan fingerprint density at radius 1 is 0.606 bits per heavy atom. The number of fused-ring (bicyclic) bond motifs is 2. The SMILES string of the molecule is O=c1[nH]c2ccccc2c(=O)n1CCNCCCNCCn1c(=O)[nH]c2ccccc2c1=O. The molecule has 2 aromatic carbocycles. The molecule has 0 saturated heterocycles. The fourth-order valence-corrected chi connectivity index (χ4v) is 3.77. The van der Waals surface area contributed by atoms with Gasteiger partial charge in [-0.15, -0.1) is 0 Å². The van der Waals surface area contributed by atoms with Gasteiger partial charge >= 0.3 is 11.4 Å². The minimum Gasteiger partial charge on any atom is -0.315 e. The lowest BCUT2D eigenvalue weighted by atomic mass is 10.2. The van der Waals surface area contributed by atoms with Crippen LogP contribution in [0.25, 0.3) is 21.8 Å². The van der Waals surface area contributed by atoms with E-state index >= 15 is 0 Å². The summed E-state index contributed by atoms with van der Waals surface area (Å²) in [6.07, 6.45) is 0.811. The van der Waals surface area contributed by atoms with Crippen LogP contribution >= 0.6 is 0 Å². The van der Waals surface area contributed by atoms with Crippen molar-refractivity contribution >= 4 is 21.8 Å². The van der Waals surface area contributed by atoms with Crippen LogP contribution in [0, 0.1) is 0 Å². The van der Waals surface area contributed by atoms with Gasteiger partial charge in [0.2, 0.25) is 0 Å². The first-order valence-corrected chi connectivity index (χ1v) is 10.9. The Kier molecular flexibility index (Phi) is 6.96. The van der Waals surface area contributed by atoms with Crippen molar-refractivity contribution in [1.82, 2.24) is 29.7 Å². The molecule has 33 heavy (non-hydrogen) atoms. The molecule has 0 unspecified atom stereocenters. The molecule has 0 spiro atoms. The lowest BCUT2D eigenvalue weighted by molar-refractivity contribution is 0.528. The summed E-state index contributed by atoms with van der Waals surface area (Å²) in [6.45, 7) is 2.93. The van der Waals surface area contributed by atoms with E-state index in [0.29, 0.717) is 48.0 Å². The number of aromatic amines is 2. The van der Waals surface area contributed by atoms with Crippen LogP contribution in [0.4, 0.5) is 0 Å². The van der Waals surface area contributed by atoms with Crippen molar-refractivity contribution in [3.8, 4) is 0 Å². The summed E-state index contributed by atoms with van der Waals surface area (Å²) in [5.41, 5.74) is -0.345. The maximum absolute atomic E-state index is 12.5. The zero-order chi connectivity index (χ0) is 23.2. The monoisotopic (exact) mass is 450 g/mol. The molecule has 0 aliphatic carbocycles. The lowest BCUT2D eigenvalue weighted by Gasteiger charge is -2.09. The number of para-hydroxylation sites is 2. The first-order valence-electron chi connectivity index (χ1n) is 10.9. The number of benzene rings is 2. The fourth-order valence-electron chi connectivity index (χ4n) is 3.77. The Bertz CT molecular complexity index is 1380. The van der Waals surface area contributed by atoms with Crippen molar-refractivity contribution in [2.75, 3.05) is 26.2 Å². The Labute approximate surface area is 187 Å². The van der Waals surface area contributed by atoms with Gasteiger partial charge in [0.25, 0.3) is 11.1 Å². The van der Waals surface area contributed by atoms with E-state index in [1.54, 1.807) is 48.5 Å². The number of rotatable bonds is 10. The molecule has 4 aromatic rings. The third kappa shape index (κ3) is 5.02. The summed E-state index contributed by atoms with van der Waals surface area (Å²) >= 11 is 0. The number of nitrogens with zero attached hydrogens (tertiary/aromatic N) is 2. The molecule has 172 valence electrons. The summed E-state index contributed by atoms with van der Waals surface area (Å²) in [7, 11) is 0. The Hall–Kier alpha value is -3.76. The van der Waals surface area contributed by atoms with Crippen LogP contribution in [0.3, 0.4) is 0 Å². The summed E-state index contributed by atoms with van der Waals surface area (Å²) in [6, 6.07) is 13.9. The maximum atomic E-state index is 12.5. The van der Waals surface area contributed by atoms with Crippen molar-refractivity contribution in [3.05, 3.63) is 90.2 Å². The van der Waals surface area contributed by atoms with E-state index in [9.17, 15) is 19.2 Å². The van der Waals surface area contributed by atoms with Crippen LogP contribution in [0.15, 0.2) is 67.7 Å². The van der Waals surface area contributed by atoms with E-state index in [-0.39, 0.29) is 24.2 Å². The van der Waals surface area contributed by atoms with Gasteiger partial charge in [-0.1, -0.05) is 24.3 Å². The molecule has 0 amide bonds. The van der Waals surface area contributed by atoms with Crippen molar-refractivity contribution in [1.29, 1.82) is 0 Å². The minimum absolute atomic E-state index is 0.278. The van der Waals surface area contributed by atoms with Crippen molar-refractivity contribution in [2.24, 2.45) is 0 Å². The Morgan fingerprint density at radius 3 is 1.48 bits per heavy atom. The molecule has 0 saturated carbocycles. The molecule has 4 rings (SSSR count). The lowest BCUT2D eigenvalue weighted by Crippen LogP contribution is -2.39. The van der Waals surface area contributed by atoms with E-state index in [0.717, 1.165) is 6.42 Å². The summed E-state index contributed by atoms with van der Waals surface area (Å²) in [5.74, 6) is 0. The standard InChI is InChI=1S/C23H26N6O4/c30-20-16-6-1-3-8-18(16)26-22(32)28(20)14-12-24-10-5-11-25-13-15-29-21(31)17-7-2-4-9-19(17)27-23(29)33/h1-4,6-9,24-25H,5,10-15H2,(H,26,32)(H,27,33). The van der Waals surface area contributed by atoms with Gasteiger partial charge in [-0.3, -0.25) is 18.7 Å². The van der Waals surface area contributed by atoms with Crippen molar-refractivity contribution in [3.63, 3.8) is 0 Å². The largest absolute Gasteiger partial charge is 0.328 e. The molecule has 0 aliphatic rings. The molecular weight excluding hydrogens is 424 g/mol. The third-order valence-corrected chi connectivity index (χ3v) is 5.51. The first-order chi connectivity index (χ1) is 16.1. The first kappa shape index (κ1) is 22.4. The molecule has 0 atom stereocenters. The summed E-state index contributed by atoms with van der Waals surface area (Å²) < 4.78 is 2.40. The maximum Gasteiger partial charge on any atom is 0.328 e. The van der Waals surface area contributed by atoms with Gasteiger partial charge in [-0.2, -0.15) is 0 Å². The highest BCUT2D eigenvalue weighted by Crippen LogP contribution is 2.03. The average molecular weight is 450 g/mol.